The number of fused-ring (bicyclic) bond motifs is 2. The quantitative estimate of drug-likeness (QED) is 0.627. The average Bonchev–Trinajstić information content (AvgIpc) is 2.27. The maximum atomic E-state index is 12.9. The van der Waals surface area contributed by atoms with Crippen LogP contribution in [-0.4, -0.2) is 18.2 Å². The Labute approximate surface area is 103 Å². The maximum Gasteiger partial charge on any atom is 0.416 e. The van der Waals surface area contributed by atoms with Gasteiger partial charge in [-0.3, -0.25) is 0 Å². The minimum Gasteiger partial charge on any atom is -0.241 e. The Morgan fingerprint density at radius 1 is 1.22 bits per heavy atom. The van der Waals surface area contributed by atoms with Crippen LogP contribution in [0.1, 0.15) is 13.3 Å². The summed E-state index contributed by atoms with van der Waals surface area (Å²) in [7, 11) is 0. The monoisotopic (exact) mass is 252 g/mol. The number of hydrogen-bond acceptors (Lipinski definition) is 2. The summed E-state index contributed by atoms with van der Waals surface area (Å²) in [6, 6.07) is 0. The Balaban J connectivity index is 2.51. The van der Waals surface area contributed by atoms with E-state index in [0.29, 0.717) is 23.4 Å². The van der Waals surface area contributed by atoms with E-state index in [1.807, 2.05) is 0 Å². The molecule has 0 aromatic rings. The zero-order chi connectivity index (χ0) is 13.2. The number of hydrogen-bond donors (Lipinski definition) is 0. The zero-order valence-corrected chi connectivity index (χ0v) is 9.70. The van der Waals surface area contributed by atoms with Gasteiger partial charge in [-0.15, -0.1) is 0 Å². The number of halogens is 3. The van der Waals surface area contributed by atoms with Crippen molar-refractivity contribution in [3.05, 3.63) is 47.2 Å². The molecule has 5 heteroatoms. The molecule has 0 aromatic carbocycles. The molecule has 2 rings (SSSR count). The SMILES string of the molecule is CC1=C\C=NC2=NC=C/C(=C/C(C(F)(F)F)=C\1)C2. The predicted molar refractivity (Wildman–Crippen MR) is 65.7 cm³/mol. The van der Waals surface area contributed by atoms with Crippen molar-refractivity contribution in [3.8, 4) is 0 Å². The standard InChI is InChI=1S/C13H11F3N2/c1-9-2-4-17-12-8-10(3-5-18-12)7-11(6-9)13(14,15)16/h2-7H,8H2,1H3/b4-2?,9-2+,9-6?,10-7-,11-6+,11-7?,17-4?,17-12?. The van der Waals surface area contributed by atoms with E-state index in [0.717, 1.165) is 12.2 Å². The summed E-state index contributed by atoms with van der Waals surface area (Å²) in [5.41, 5.74) is 0.385. The summed E-state index contributed by atoms with van der Waals surface area (Å²) in [4.78, 5) is 8.09. The van der Waals surface area contributed by atoms with Gasteiger partial charge in [-0.1, -0.05) is 0 Å². The van der Waals surface area contributed by atoms with Crippen LogP contribution in [0.2, 0.25) is 0 Å². The van der Waals surface area contributed by atoms with Crippen molar-refractivity contribution in [1.29, 1.82) is 0 Å². The second-order valence-corrected chi connectivity index (χ2v) is 4.04. The van der Waals surface area contributed by atoms with Crippen LogP contribution in [0, 0.1) is 0 Å². The first-order valence-corrected chi connectivity index (χ1v) is 5.39. The van der Waals surface area contributed by atoms with E-state index in [-0.39, 0.29) is 0 Å². The molecule has 18 heavy (non-hydrogen) atoms. The first-order valence-electron chi connectivity index (χ1n) is 5.39. The Bertz CT molecular complexity index is 529. The number of rotatable bonds is 0. The molecule has 2 heterocycles. The Hall–Kier alpha value is -1.91. The molecule has 0 unspecified atom stereocenters. The summed E-state index contributed by atoms with van der Waals surface area (Å²) >= 11 is 0. The number of aliphatic imine (C=N–C) groups is 2. The van der Waals surface area contributed by atoms with E-state index in [1.165, 1.54) is 18.5 Å². The topological polar surface area (TPSA) is 24.7 Å². The third-order valence-corrected chi connectivity index (χ3v) is 2.49. The maximum absolute atomic E-state index is 12.9. The van der Waals surface area contributed by atoms with Crippen molar-refractivity contribution in [1.82, 2.24) is 0 Å². The Morgan fingerprint density at radius 3 is 2.72 bits per heavy atom. The molecule has 0 atom stereocenters. The van der Waals surface area contributed by atoms with Crippen LogP contribution in [0.4, 0.5) is 13.2 Å². The van der Waals surface area contributed by atoms with Crippen molar-refractivity contribution in [2.75, 3.05) is 0 Å². The lowest BCUT2D eigenvalue weighted by Gasteiger charge is -2.12. The number of alkyl halides is 3. The van der Waals surface area contributed by atoms with Crippen molar-refractivity contribution < 1.29 is 13.2 Å². The molecule has 2 aliphatic heterocycles. The van der Waals surface area contributed by atoms with Gasteiger partial charge in [-0.25, -0.2) is 9.98 Å². The fraction of sp³-hybridized carbons (Fsp3) is 0.231. The normalized spacial score (nSPS) is 28.4. The minimum absolute atomic E-state index is 0.313. The number of nitrogens with zero attached hydrogens (tertiary/aromatic N) is 2. The van der Waals surface area contributed by atoms with E-state index in [2.05, 4.69) is 9.98 Å². The van der Waals surface area contributed by atoms with E-state index in [4.69, 9.17) is 0 Å². The summed E-state index contributed by atoms with van der Waals surface area (Å²) < 4.78 is 38.6. The molecule has 94 valence electrons. The summed E-state index contributed by atoms with van der Waals surface area (Å²) in [5.74, 6) is 0.510. The number of allylic oxidation sites excluding steroid dienone is 6. The highest BCUT2D eigenvalue weighted by molar-refractivity contribution is 5.95. The lowest BCUT2D eigenvalue weighted by atomic mass is 10.0. The molecule has 0 spiro atoms. The van der Waals surface area contributed by atoms with Gasteiger partial charge in [-0.2, -0.15) is 13.2 Å². The van der Waals surface area contributed by atoms with Crippen molar-refractivity contribution in [3.63, 3.8) is 0 Å². The largest absolute Gasteiger partial charge is 0.416 e. The van der Waals surface area contributed by atoms with Crippen molar-refractivity contribution in [2.45, 2.75) is 19.5 Å². The summed E-state index contributed by atoms with van der Waals surface area (Å²) in [6.07, 6.45) is 4.25. The third-order valence-electron chi connectivity index (χ3n) is 2.49. The van der Waals surface area contributed by atoms with Crippen LogP contribution in [0.15, 0.2) is 57.2 Å². The van der Waals surface area contributed by atoms with Crippen LogP contribution in [0.3, 0.4) is 0 Å². The second kappa shape index (κ2) is 4.76. The second-order valence-electron chi connectivity index (χ2n) is 4.04. The van der Waals surface area contributed by atoms with Gasteiger partial charge in [-0.05, 0) is 42.4 Å². The first-order chi connectivity index (χ1) is 8.45. The first kappa shape index (κ1) is 12.5. The average molecular weight is 252 g/mol. The van der Waals surface area contributed by atoms with Gasteiger partial charge in [0.25, 0.3) is 0 Å². The van der Waals surface area contributed by atoms with Crippen LogP contribution < -0.4 is 0 Å². The molecule has 0 saturated heterocycles. The van der Waals surface area contributed by atoms with Gasteiger partial charge in [0.05, 0.1) is 5.57 Å². The molecule has 0 aromatic heterocycles. The number of amidine groups is 1. The van der Waals surface area contributed by atoms with E-state index >= 15 is 0 Å². The molecule has 0 fully saturated rings. The molecule has 2 bridgehead atoms. The molecular weight excluding hydrogens is 241 g/mol. The molecule has 0 aliphatic carbocycles. The van der Waals surface area contributed by atoms with E-state index in [1.54, 1.807) is 13.0 Å². The van der Waals surface area contributed by atoms with Crippen molar-refractivity contribution >= 4 is 12.1 Å². The van der Waals surface area contributed by atoms with Gasteiger partial charge in [0.1, 0.15) is 5.84 Å². The molecule has 0 amide bonds. The van der Waals surface area contributed by atoms with Crippen molar-refractivity contribution in [2.24, 2.45) is 9.98 Å². The summed E-state index contributed by atoms with van der Waals surface area (Å²) in [6.45, 7) is 1.60. The smallest absolute Gasteiger partial charge is 0.241 e. The highest BCUT2D eigenvalue weighted by Gasteiger charge is 2.32. The van der Waals surface area contributed by atoms with E-state index in [9.17, 15) is 13.2 Å². The molecule has 2 nitrogen and oxygen atoms in total. The van der Waals surface area contributed by atoms with Gasteiger partial charge < -0.3 is 0 Å². The molecule has 0 radical (unpaired) electrons. The summed E-state index contributed by atoms with van der Waals surface area (Å²) in [5, 5.41) is 0. The van der Waals surface area contributed by atoms with E-state index < -0.39 is 11.7 Å². The molecule has 2 aliphatic rings. The van der Waals surface area contributed by atoms with Gasteiger partial charge in [0, 0.05) is 18.8 Å². The van der Waals surface area contributed by atoms with Crippen LogP contribution in [0.5, 0.6) is 0 Å². The third kappa shape index (κ3) is 3.06. The van der Waals surface area contributed by atoms with Crippen LogP contribution in [-0.2, 0) is 0 Å². The van der Waals surface area contributed by atoms with Gasteiger partial charge in [0.15, 0.2) is 0 Å². The molecule has 0 N–H and O–H groups in total. The Morgan fingerprint density at radius 2 is 2.00 bits per heavy atom. The zero-order valence-electron chi connectivity index (χ0n) is 9.70. The molecular formula is C13H11F3N2. The lowest BCUT2D eigenvalue weighted by molar-refractivity contribution is -0.0882. The highest BCUT2D eigenvalue weighted by atomic mass is 19.4. The van der Waals surface area contributed by atoms with Crippen LogP contribution in [0.25, 0.3) is 0 Å². The van der Waals surface area contributed by atoms with Gasteiger partial charge in [0.2, 0.25) is 0 Å². The predicted octanol–water partition coefficient (Wildman–Crippen LogP) is 3.75. The van der Waals surface area contributed by atoms with Gasteiger partial charge >= 0.3 is 6.18 Å². The fourth-order valence-corrected chi connectivity index (χ4v) is 1.62. The Kier molecular flexibility index (Phi) is 3.32. The van der Waals surface area contributed by atoms with Crippen LogP contribution >= 0.6 is 0 Å². The highest BCUT2D eigenvalue weighted by Crippen LogP contribution is 2.30. The minimum atomic E-state index is -4.36. The molecule has 0 saturated carbocycles. The fourth-order valence-electron chi connectivity index (χ4n) is 1.62. The lowest BCUT2D eigenvalue weighted by Crippen LogP contribution is -2.12.